The van der Waals surface area contributed by atoms with E-state index in [2.05, 4.69) is 0 Å². The van der Waals surface area contributed by atoms with Crippen LogP contribution in [-0.2, 0) is 16.1 Å². The number of ether oxygens (including phenoxy) is 2. The number of rotatable bonds is 5. The second kappa shape index (κ2) is 8.84. The van der Waals surface area contributed by atoms with E-state index >= 15 is 0 Å². The number of fused-ring (bicyclic) bond motifs is 1. The lowest BCUT2D eigenvalue weighted by atomic mass is 10.2. The standard InChI is InChI=1S/C21H25N3O4S/c1-16(25)23-8-6-22(7-9-23)15-21(26)24(14-18-3-2-12-29-18)17-4-5-19-20(13-17)28-11-10-27-19/h2-5,12-13H,6-11,14-15H2,1H3/p+1. The van der Waals surface area contributed by atoms with Crippen molar-refractivity contribution in [3.05, 3.63) is 40.6 Å². The highest BCUT2D eigenvalue weighted by Crippen LogP contribution is 2.34. The first-order chi connectivity index (χ1) is 14.1. The lowest BCUT2D eigenvalue weighted by Gasteiger charge is -2.32. The van der Waals surface area contributed by atoms with Crippen molar-refractivity contribution in [2.45, 2.75) is 13.5 Å². The van der Waals surface area contributed by atoms with Gasteiger partial charge in [0.25, 0.3) is 5.91 Å². The fraction of sp³-hybridized carbons (Fsp3) is 0.429. The summed E-state index contributed by atoms with van der Waals surface area (Å²) < 4.78 is 11.3. The molecule has 2 amide bonds. The Morgan fingerprint density at radius 1 is 1.14 bits per heavy atom. The largest absolute Gasteiger partial charge is 0.486 e. The lowest BCUT2D eigenvalue weighted by Crippen LogP contribution is -3.15. The molecule has 0 atom stereocenters. The number of quaternary nitrogens is 1. The molecule has 3 heterocycles. The summed E-state index contributed by atoms with van der Waals surface area (Å²) in [5, 5.41) is 2.02. The first kappa shape index (κ1) is 19.7. The van der Waals surface area contributed by atoms with E-state index in [9.17, 15) is 9.59 Å². The van der Waals surface area contributed by atoms with Crippen LogP contribution in [0.15, 0.2) is 35.7 Å². The molecule has 0 unspecified atom stereocenters. The van der Waals surface area contributed by atoms with Crippen LogP contribution in [0.1, 0.15) is 11.8 Å². The molecule has 8 heteroatoms. The summed E-state index contributed by atoms with van der Waals surface area (Å²) in [7, 11) is 0. The molecule has 29 heavy (non-hydrogen) atoms. The number of hydrogen-bond acceptors (Lipinski definition) is 5. The van der Waals surface area contributed by atoms with E-state index in [1.807, 2.05) is 45.5 Å². The maximum Gasteiger partial charge on any atom is 0.282 e. The van der Waals surface area contributed by atoms with Gasteiger partial charge < -0.3 is 24.2 Å². The highest BCUT2D eigenvalue weighted by molar-refractivity contribution is 7.09. The predicted molar refractivity (Wildman–Crippen MR) is 111 cm³/mol. The van der Waals surface area contributed by atoms with Gasteiger partial charge >= 0.3 is 0 Å². The Labute approximate surface area is 174 Å². The second-order valence-electron chi connectivity index (χ2n) is 7.32. The van der Waals surface area contributed by atoms with E-state index < -0.39 is 0 Å². The molecule has 0 radical (unpaired) electrons. The van der Waals surface area contributed by atoms with E-state index in [1.54, 1.807) is 18.3 Å². The van der Waals surface area contributed by atoms with Crippen LogP contribution in [0.3, 0.4) is 0 Å². The molecular weight excluding hydrogens is 390 g/mol. The molecule has 0 saturated carbocycles. The van der Waals surface area contributed by atoms with Gasteiger partial charge in [0.2, 0.25) is 5.91 Å². The Kier molecular flexibility index (Phi) is 6.01. The first-order valence-electron chi connectivity index (χ1n) is 9.91. The van der Waals surface area contributed by atoms with Crippen molar-refractivity contribution in [2.75, 3.05) is 50.8 Å². The van der Waals surface area contributed by atoms with Crippen LogP contribution in [0.2, 0.25) is 0 Å². The minimum atomic E-state index is 0.0707. The molecule has 2 aromatic rings. The van der Waals surface area contributed by atoms with Gasteiger partial charge in [-0.2, -0.15) is 0 Å². The molecular formula is C21H26N3O4S+. The summed E-state index contributed by atoms with van der Waals surface area (Å²) in [6.07, 6.45) is 0. The zero-order chi connectivity index (χ0) is 20.2. The Bertz CT molecular complexity index is 863. The van der Waals surface area contributed by atoms with Crippen LogP contribution in [-0.4, -0.2) is 62.7 Å². The lowest BCUT2D eigenvalue weighted by molar-refractivity contribution is -0.895. The van der Waals surface area contributed by atoms with Gasteiger partial charge in [-0.05, 0) is 23.6 Å². The number of nitrogens with zero attached hydrogens (tertiary/aromatic N) is 2. The molecule has 1 fully saturated rings. The number of benzene rings is 1. The van der Waals surface area contributed by atoms with Crippen LogP contribution < -0.4 is 19.3 Å². The van der Waals surface area contributed by atoms with E-state index in [0.717, 1.165) is 29.4 Å². The highest BCUT2D eigenvalue weighted by atomic mass is 32.1. The van der Waals surface area contributed by atoms with Gasteiger partial charge in [0.15, 0.2) is 18.0 Å². The molecule has 1 saturated heterocycles. The number of carbonyl (C=O) groups excluding carboxylic acids is 2. The highest BCUT2D eigenvalue weighted by Gasteiger charge is 2.27. The van der Waals surface area contributed by atoms with Gasteiger partial charge in [0.05, 0.1) is 32.7 Å². The van der Waals surface area contributed by atoms with Crippen molar-refractivity contribution >= 4 is 28.8 Å². The van der Waals surface area contributed by atoms with Gasteiger partial charge in [0, 0.05) is 23.6 Å². The summed E-state index contributed by atoms with van der Waals surface area (Å²) in [6.45, 7) is 6.58. The first-order valence-corrected chi connectivity index (χ1v) is 10.8. The summed E-state index contributed by atoms with van der Waals surface area (Å²) in [5.74, 6) is 1.57. The Hall–Kier alpha value is -2.58. The van der Waals surface area contributed by atoms with E-state index in [1.165, 1.54) is 4.90 Å². The van der Waals surface area contributed by atoms with Gasteiger partial charge in [-0.25, -0.2) is 0 Å². The molecule has 2 aliphatic heterocycles. The normalized spacial score (nSPS) is 16.5. The number of nitrogens with one attached hydrogen (secondary N) is 1. The quantitative estimate of drug-likeness (QED) is 0.783. The summed E-state index contributed by atoms with van der Waals surface area (Å²) in [4.78, 5) is 30.8. The van der Waals surface area contributed by atoms with Crippen LogP contribution >= 0.6 is 11.3 Å². The third-order valence-electron chi connectivity index (χ3n) is 5.35. The molecule has 0 spiro atoms. The number of thiophene rings is 1. The second-order valence-corrected chi connectivity index (χ2v) is 8.35. The van der Waals surface area contributed by atoms with Gasteiger partial charge in [0.1, 0.15) is 13.2 Å². The summed E-state index contributed by atoms with van der Waals surface area (Å²) in [5.41, 5.74) is 0.814. The van der Waals surface area contributed by atoms with Crippen molar-refractivity contribution < 1.29 is 24.0 Å². The minimum Gasteiger partial charge on any atom is -0.486 e. The van der Waals surface area contributed by atoms with Crippen LogP contribution in [0, 0.1) is 0 Å². The molecule has 1 aromatic heterocycles. The topological polar surface area (TPSA) is 63.5 Å². The molecule has 0 bridgehead atoms. The average Bonchev–Trinajstić information content (AvgIpc) is 3.25. The molecule has 4 rings (SSSR count). The Balaban J connectivity index is 1.50. The third-order valence-corrected chi connectivity index (χ3v) is 6.21. The fourth-order valence-electron chi connectivity index (χ4n) is 3.71. The van der Waals surface area contributed by atoms with Gasteiger partial charge in [-0.3, -0.25) is 9.59 Å². The van der Waals surface area contributed by atoms with Crippen molar-refractivity contribution in [1.29, 1.82) is 0 Å². The number of amides is 2. The number of hydrogen-bond donors (Lipinski definition) is 1. The summed E-state index contributed by atoms with van der Waals surface area (Å²) >= 11 is 1.64. The summed E-state index contributed by atoms with van der Waals surface area (Å²) in [6, 6.07) is 9.72. The van der Waals surface area contributed by atoms with Crippen molar-refractivity contribution in [1.82, 2.24) is 4.90 Å². The van der Waals surface area contributed by atoms with E-state index in [-0.39, 0.29) is 11.8 Å². The third kappa shape index (κ3) is 4.71. The monoisotopic (exact) mass is 416 g/mol. The van der Waals surface area contributed by atoms with Crippen LogP contribution in [0.4, 0.5) is 5.69 Å². The molecule has 154 valence electrons. The molecule has 0 aliphatic carbocycles. The van der Waals surface area contributed by atoms with E-state index in [0.29, 0.717) is 45.1 Å². The zero-order valence-corrected chi connectivity index (χ0v) is 17.4. The molecule has 2 aliphatic rings. The van der Waals surface area contributed by atoms with Crippen LogP contribution in [0.25, 0.3) is 0 Å². The fourth-order valence-corrected chi connectivity index (χ4v) is 4.40. The molecule has 1 N–H and O–H groups in total. The number of anilines is 1. The Morgan fingerprint density at radius 2 is 1.90 bits per heavy atom. The minimum absolute atomic E-state index is 0.0707. The smallest absolute Gasteiger partial charge is 0.282 e. The maximum absolute atomic E-state index is 13.3. The maximum atomic E-state index is 13.3. The molecule has 7 nitrogen and oxygen atoms in total. The van der Waals surface area contributed by atoms with E-state index in [4.69, 9.17) is 9.47 Å². The van der Waals surface area contributed by atoms with Crippen molar-refractivity contribution in [3.63, 3.8) is 0 Å². The number of piperazine rings is 1. The zero-order valence-electron chi connectivity index (χ0n) is 16.6. The number of carbonyl (C=O) groups is 2. The predicted octanol–water partition coefficient (Wildman–Crippen LogP) is 0.800. The van der Waals surface area contributed by atoms with Gasteiger partial charge in [-0.1, -0.05) is 6.07 Å². The van der Waals surface area contributed by atoms with Crippen molar-refractivity contribution in [2.24, 2.45) is 0 Å². The van der Waals surface area contributed by atoms with Crippen molar-refractivity contribution in [3.8, 4) is 11.5 Å². The van der Waals surface area contributed by atoms with Crippen LogP contribution in [0.5, 0.6) is 11.5 Å². The SMILES string of the molecule is CC(=O)N1CC[NH+](CC(=O)N(Cc2cccs2)c2ccc3c(c2)OCCO3)CC1. The Morgan fingerprint density at radius 3 is 2.59 bits per heavy atom. The van der Waals surface area contributed by atoms with Gasteiger partial charge in [-0.15, -0.1) is 11.3 Å². The molecule has 1 aromatic carbocycles. The average molecular weight is 417 g/mol.